The summed E-state index contributed by atoms with van der Waals surface area (Å²) in [7, 11) is 0. The second-order valence-electron chi connectivity index (χ2n) is 5.88. The van der Waals surface area contributed by atoms with Gasteiger partial charge in [0.2, 0.25) is 0 Å². The van der Waals surface area contributed by atoms with Gasteiger partial charge in [0.05, 0.1) is 5.56 Å². The van der Waals surface area contributed by atoms with Crippen molar-refractivity contribution in [2.24, 2.45) is 0 Å². The van der Waals surface area contributed by atoms with E-state index in [1.54, 1.807) is 0 Å². The third-order valence-corrected chi connectivity index (χ3v) is 4.26. The maximum Gasteiger partial charge on any atom is 0.343 e. The molecule has 0 saturated heterocycles. The summed E-state index contributed by atoms with van der Waals surface area (Å²) in [5, 5.41) is 4.15. The predicted octanol–water partition coefficient (Wildman–Crippen LogP) is 5.52. The first-order chi connectivity index (χ1) is 11.7. The standard InChI is InChI=1S/C22H16O2/c1-15-10-11-17-7-4-5-9-20(17)21(15)24-22(23)19-13-12-16-6-2-3-8-18(16)14-19/h2-14H,1H3. The Balaban J connectivity index is 1.74. The van der Waals surface area contributed by atoms with Gasteiger partial charge >= 0.3 is 5.97 Å². The molecular formula is C22H16O2. The van der Waals surface area contributed by atoms with Gasteiger partial charge in [0, 0.05) is 5.39 Å². The van der Waals surface area contributed by atoms with Gasteiger partial charge in [0.25, 0.3) is 0 Å². The first-order valence-corrected chi connectivity index (χ1v) is 7.92. The van der Waals surface area contributed by atoms with Crippen LogP contribution in [0.15, 0.2) is 78.9 Å². The van der Waals surface area contributed by atoms with Gasteiger partial charge in [-0.3, -0.25) is 0 Å². The molecule has 116 valence electrons. The SMILES string of the molecule is Cc1ccc2ccccc2c1OC(=O)c1ccc2ccccc2c1. The highest BCUT2D eigenvalue weighted by Crippen LogP contribution is 2.30. The van der Waals surface area contributed by atoms with Gasteiger partial charge < -0.3 is 4.74 Å². The van der Waals surface area contributed by atoms with Crippen LogP contribution in [0.2, 0.25) is 0 Å². The van der Waals surface area contributed by atoms with Crippen LogP contribution in [0.25, 0.3) is 21.5 Å². The second kappa shape index (κ2) is 5.82. The summed E-state index contributed by atoms with van der Waals surface area (Å²) < 4.78 is 5.75. The lowest BCUT2D eigenvalue weighted by Gasteiger charge is -2.11. The number of rotatable bonds is 2. The van der Waals surface area contributed by atoms with Gasteiger partial charge in [-0.1, -0.05) is 66.7 Å². The van der Waals surface area contributed by atoms with Crippen molar-refractivity contribution < 1.29 is 9.53 Å². The minimum Gasteiger partial charge on any atom is -0.422 e. The first kappa shape index (κ1) is 14.5. The molecule has 4 aromatic rings. The number of ether oxygens (including phenoxy) is 1. The Morgan fingerprint density at radius 3 is 2.25 bits per heavy atom. The monoisotopic (exact) mass is 312 g/mol. The third-order valence-electron chi connectivity index (χ3n) is 4.26. The van der Waals surface area contributed by atoms with Crippen LogP contribution in [0, 0.1) is 6.92 Å². The fraction of sp³-hybridized carbons (Fsp3) is 0.0455. The molecule has 0 aromatic heterocycles. The highest BCUT2D eigenvalue weighted by atomic mass is 16.5. The molecule has 0 heterocycles. The molecule has 2 nitrogen and oxygen atoms in total. The quantitative estimate of drug-likeness (QED) is 0.360. The van der Waals surface area contributed by atoms with E-state index in [0.717, 1.165) is 27.1 Å². The topological polar surface area (TPSA) is 26.3 Å². The summed E-state index contributed by atoms with van der Waals surface area (Å²) in [5.74, 6) is 0.298. The maximum absolute atomic E-state index is 12.6. The van der Waals surface area contributed by atoms with Crippen LogP contribution < -0.4 is 4.74 Å². The van der Waals surface area contributed by atoms with Crippen molar-refractivity contribution in [3.8, 4) is 5.75 Å². The number of esters is 1. The summed E-state index contributed by atoms with van der Waals surface area (Å²) >= 11 is 0. The average Bonchev–Trinajstić information content (AvgIpc) is 2.63. The fourth-order valence-corrected chi connectivity index (χ4v) is 2.96. The summed E-state index contributed by atoms with van der Waals surface area (Å²) in [6, 6.07) is 25.5. The van der Waals surface area contributed by atoms with E-state index in [0.29, 0.717) is 11.3 Å². The largest absolute Gasteiger partial charge is 0.422 e. The van der Waals surface area contributed by atoms with Crippen molar-refractivity contribution in [3.63, 3.8) is 0 Å². The number of benzene rings is 4. The number of carbonyl (C=O) groups is 1. The molecule has 4 rings (SSSR count). The van der Waals surface area contributed by atoms with Gasteiger partial charge in [-0.05, 0) is 40.8 Å². The molecule has 0 spiro atoms. The van der Waals surface area contributed by atoms with Crippen molar-refractivity contribution in [2.75, 3.05) is 0 Å². The molecule has 0 aliphatic carbocycles. The molecule has 0 aliphatic rings. The van der Waals surface area contributed by atoms with Crippen molar-refractivity contribution >= 4 is 27.5 Å². The van der Waals surface area contributed by atoms with Gasteiger partial charge in [-0.15, -0.1) is 0 Å². The molecule has 0 aliphatic heterocycles. The van der Waals surface area contributed by atoms with Gasteiger partial charge in [0.1, 0.15) is 5.75 Å². The van der Waals surface area contributed by atoms with E-state index >= 15 is 0 Å². The van der Waals surface area contributed by atoms with Crippen LogP contribution in [0.1, 0.15) is 15.9 Å². The Kier molecular flexibility index (Phi) is 3.51. The zero-order valence-electron chi connectivity index (χ0n) is 13.3. The fourth-order valence-electron chi connectivity index (χ4n) is 2.96. The Morgan fingerprint density at radius 1 is 0.750 bits per heavy atom. The van der Waals surface area contributed by atoms with Crippen molar-refractivity contribution in [1.29, 1.82) is 0 Å². The molecule has 0 atom stereocenters. The number of fused-ring (bicyclic) bond motifs is 2. The minimum absolute atomic E-state index is 0.333. The molecule has 0 N–H and O–H groups in total. The maximum atomic E-state index is 12.6. The lowest BCUT2D eigenvalue weighted by atomic mass is 10.1. The normalized spacial score (nSPS) is 10.9. The zero-order valence-corrected chi connectivity index (χ0v) is 13.3. The molecule has 2 heteroatoms. The minimum atomic E-state index is -0.333. The van der Waals surface area contributed by atoms with Gasteiger partial charge in [-0.2, -0.15) is 0 Å². The van der Waals surface area contributed by atoms with Crippen LogP contribution in [-0.2, 0) is 0 Å². The molecule has 0 bridgehead atoms. The first-order valence-electron chi connectivity index (χ1n) is 7.92. The molecule has 0 unspecified atom stereocenters. The molecule has 0 amide bonds. The number of hydrogen-bond acceptors (Lipinski definition) is 2. The molecule has 24 heavy (non-hydrogen) atoms. The zero-order chi connectivity index (χ0) is 16.5. The summed E-state index contributed by atoms with van der Waals surface area (Å²) in [6.45, 7) is 1.95. The van der Waals surface area contributed by atoms with Crippen molar-refractivity contribution in [2.45, 2.75) is 6.92 Å². The molecule has 0 fully saturated rings. The number of aryl methyl sites for hydroxylation is 1. The lowest BCUT2D eigenvalue weighted by Crippen LogP contribution is -2.09. The average molecular weight is 312 g/mol. The van der Waals surface area contributed by atoms with E-state index in [2.05, 4.69) is 0 Å². The predicted molar refractivity (Wildman–Crippen MR) is 97.6 cm³/mol. The second-order valence-corrected chi connectivity index (χ2v) is 5.88. The molecule has 4 aromatic carbocycles. The van der Waals surface area contributed by atoms with E-state index in [-0.39, 0.29) is 5.97 Å². The molecular weight excluding hydrogens is 296 g/mol. The highest BCUT2D eigenvalue weighted by molar-refractivity contribution is 5.99. The number of carbonyl (C=O) groups excluding carboxylic acids is 1. The smallest absolute Gasteiger partial charge is 0.343 e. The van der Waals surface area contributed by atoms with E-state index in [9.17, 15) is 4.79 Å². The Labute approximate surface area is 140 Å². The Morgan fingerprint density at radius 2 is 1.42 bits per heavy atom. The lowest BCUT2D eigenvalue weighted by molar-refractivity contribution is 0.0736. The van der Waals surface area contributed by atoms with Crippen molar-refractivity contribution in [3.05, 3.63) is 90.0 Å². The van der Waals surface area contributed by atoms with Crippen LogP contribution in [0.5, 0.6) is 5.75 Å². The molecule has 0 radical (unpaired) electrons. The van der Waals surface area contributed by atoms with Crippen LogP contribution in [0.3, 0.4) is 0 Å². The van der Waals surface area contributed by atoms with E-state index < -0.39 is 0 Å². The van der Waals surface area contributed by atoms with E-state index in [1.807, 2.05) is 85.8 Å². The van der Waals surface area contributed by atoms with Crippen LogP contribution in [0.4, 0.5) is 0 Å². The number of hydrogen-bond donors (Lipinski definition) is 0. The highest BCUT2D eigenvalue weighted by Gasteiger charge is 2.13. The van der Waals surface area contributed by atoms with E-state index in [1.165, 1.54) is 0 Å². The van der Waals surface area contributed by atoms with Gasteiger partial charge in [-0.25, -0.2) is 4.79 Å². The Bertz CT molecular complexity index is 1060. The third kappa shape index (κ3) is 2.52. The summed E-state index contributed by atoms with van der Waals surface area (Å²) in [4.78, 5) is 12.6. The Hall–Kier alpha value is -3.13. The van der Waals surface area contributed by atoms with Crippen LogP contribution in [-0.4, -0.2) is 5.97 Å². The van der Waals surface area contributed by atoms with Crippen molar-refractivity contribution in [1.82, 2.24) is 0 Å². The van der Waals surface area contributed by atoms with Gasteiger partial charge in [0.15, 0.2) is 0 Å². The summed E-state index contributed by atoms with van der Waals surface area (Å²) in [5.41, 5.74) is 1.50. The van der Waals surface area contributed by atoms with Crippen LogP contribution >= 0.6 is 0 Å². The van der Waals surface area contributed by atoms with E-state index in [4.69, 9.17) is 4.74 Å². The molecule has 0 saturated carbocycles. The summed E-state index contributed by atoms with van der Waals surface area (Å²) in [6.07, 6.45) is 0.